The second-order valence-corrected chi connectivity index (χ2v) is 16.3. The molecule has 0 aliphatic carbocycles. The van der Waals surface area contributed by atoms with Crippen molar-refractivity contribution in [2.75, 3.05) is 13.2 Å². The van der Waals surface area contributed by atoms with Crippen LogP contribution in [0.4, 0.5) is 0 Å². The Morgan fingerprint density at radius 1 is 0.373 bits per heavy atom. The summed E-state index contributed by atoms with van der Waals surface area (Å²) in [6.45, 7) is 11.3. The van der Waals surface area contributed by atoms with Gasteiger partial charge in [0, 0.05) is 19.3 Å². The van der Waals surface area contributed by atoms with Crippen LogP contribution in [-0.2, 0) is 28.6 Å². The molecule has 0 heterocycles. The van der Waals surface area contributed by atoms with E-state index in [9.17, 15) is 14.4 Å². The topological polar surface area (TPSA) is 78.9 Å². The van der Waals surface area contributed by atoms with Crippen molar-refractivity contribution in [1.82, 2.24) is 0 Å². The molecule has 0 radical (unpaired) electrons. The Kier molecular flexibility index (Phi) is 37.0. The van der Waals surface area contributed by atoms with Gasteiger partial charge in [0.25, 0.3) is 0 Å². The van der Waals surface area contributed by atoms with Crippen molar-refractivity contribution in [3.8, 4) is 0 Å². The summed E-state index contributed by atoms with van der Waals surface area (Å²) in [4.78, 5) is 37.5. The zero-order chi connectivity index (χ0) is 37.6. The van der Waals surface area contributed by atoms with E-state index in [0.29, 0.717) is 19.3 Å². The molecule has 51 heavy (non-hydrogen) atoms. The highest BCUT2D eigenvalue weighted by Crippen LogP contribution is 2.16. The molecule has 0 unspecified atom stereocenters. The largest absolute Gasteiger partial charge is 0.462 e. The molecule has 0 amide bonds. The van der Waals surface area contributed by atoms with Crippen LogP contribution in [0.1, 0.15) is 240 Å². The first-order chi connectivity index (χ1) is 24.7. The van der Waals surface area contributed by atoms with Gasteiger partial charge in [-0.05, 0) is 31.1 Å². The van der Waals surface area contributed by atoms with Crippen molar-refractivity contribution in [3.63, 3.8) is 0 Å². The lowest BCUT2D eigenvalue weighted by molar-refractivity contribution is -0.167. The summed E-state index contributed by atoms with van der Waals surface area (Å²) < 4.78 is 16.6. The quantitative estimate of drug-likeness (QED) is 0.0357. The molecular formula is C45H86O6. The van der Waals surface area contributed by atoms with Gasteiger partial charge in [0.05, 0.1) is 0 Å². The predicted octanol–water partition coefficient (Wildman–Crippen LogP) is 13.8. The third-order valence-corrected chi connectivity index (χ3v) is 9.97. The lowest BCUT2D eigenvalue weighted by Gasteiger charge is -2.18. The minimum atomic E-state index is -0.759. The van der Waals surface area contributed by atoms with Crippen LogP contribution in [-0.4, -0.2) is 37.2 Å². The molecule has 0 saturated heterocycles. The van der Waals surface area contributed by atoms with Crippen molar-refractivity contribution >= 4 is 17.9 Å². The summed E-state index contributed by atoms with van der Waals surface area (Å²) in [6.07, 6.45) is 35.4. The van der Waals surface area contributed by atoms with Crippen molar-refractivity contribution in [1.29, 1.82) is 0 Å². The summed E-state index contributed by atoms with van der Waals surface area (Å²) in [5, 5.41) is 0. The number of unbranched alkanes of at least 4 members (excludes halogenated alkanes) is 24. The average Bonchev–Trinajstić information content (AvgIpc) is 3.09. The first-order valence-corrected chi connectivity index (χ1v) is 22.2. The Morgan fingerprint density at radius 3 is 0.961 bits per heavy atom. The molecule has 0 aromatic rings. The standard InChI is InChI=1S/C45H86O6/c1-6-7-8-9-18-27-32-37-45(48)51-42(39-50-44(47)36-31-26-22-17-20-24-29-34-41(4)5)38-49-43(46)35-30-25-21-16-14-12-10-11-13-15-19-23-28-33-40(2)3/h40-42H,6-39H2,1-5H3/t42-/m0/s1. The monoisotopic (exact) mass is 723 g/mol. The van der Waals surface area contributed by atoms with Crippen LogP contribution in [0.25, 0.3) is 0 Å². The molecule has 302 valence electrons. The average molecular weight is 723 g/mol. The maximum absolute atomic E-state index is 12.6. The van der Waals surface area contributed by atoms with Gasteiger partial charge < -0.3 is 14.2 Å². The molecule has 0 N–H and O–H groups in total. The molecule has 6 heteroatoms. The molecule has 0 aromatic carbocycles. The second-order valence-electron chi connectivity index (χ2n) is 16.3. The van der Waals surface area contributed by atoms with E-state index in [0.717, 1.165) is 69.6 Å². The Bertz CT molecular complexity index is 779. The Balaban J connectivity index is 4.21. The van der Waals surface area contributed by atoms with Crippen LogP contribution in [0.5, 0.6) is 0 Å². The van der Waals surface area contributed by atoms with Gasteiger partial charge in [-0.25, -0.2) is 0 Å². The molecule has 0 rings (SSSR count). The fraction of sp³-hybridized carbons (Fsp3) is 0.933. The highest BCUT2D eigenvalue weighted by molar-refractivity contribution is 5.71. The lowest BCUT2D eigenvalue weighted by Crippen LogP contribution is -2.30. The third kappa shape index (κ3) is 39.5. The number of hydrogen-bond acceptors (Lipinski definition) is 6. The van der Waals surface area contributed by atoms with Crippen LogP contribution >= 0.6 is 0 Å². The van der Waals surface area contributed by atoms with E-state index < -0.39 is 6.10 Å². The Hall–Kier alpha value is -1.59. The second kappa shape index (κ2) is 38.1. The van der Waals surface area contributed by atoms with Crippen LogP contribution in [0.2, 0.25) is 0 Å². The SMILES string of the molecule is CCCCCCCCCC(=O)O[C@@H](COC(=O)CCCCCCCCCCCCCCCC(C)C)COC(=O)CCCCCCCCCC(C)C. The van der Waals surface area contributed by atoms with Gasteiger partial charge in [0.15, 0.2) is 6.10 Å². The zero-order valence-electron chi connectivity index (χ0n) is 34.7. The summed E-state index contributed by atoms with van der Waals surface area (Å²) in [6, 6.07) is 0. The maximum atomic E-state index is 12.6. The van der Waals surface area contributed by atoms with E-state index in [1.165, 1.54) is 128 Å². The zero-order valence-corrected chi connectivity index (χ0v) is 34.7. The van der Waals surface area contributed by atoms with E-state index in [1.807, 2.05) is 0 Å². The highest BCUT2D eigenvalue weighted by atomic mass is 16.6. The van der Waals surface area contributed by atoms with Gasteiger partial charge in [-0.15, -0.1) is 0 Å². The van der Waals surface area contributed by atoms with E-state index in [-0.39, 0.29) is 31.1 Å². The molecule has 0 spiro atoms. The van der Waals surface area contributed by atoms with Gasteiger partial charge in [-0.2, -0.15) is 0 Å². The number of rotatable bonds is 39. The minimum Gasteiger partial charge on any atom is -0.462 e. The van der Waals surface area contributed by atoms with Crippen molar-refractivity contribution in [2.45, 2.75) is 246 Å². The summed E-state index contributed by atoms with van der Waals surface area (Å²) in [5.74, 6) is 0.754. The highest BCUT2D eigenvalue weighted by Gasteiger charge is 2.19. The summed E-state index contributed by atoms with van der Waals surface area (Å²) in [7, 11) is 0. The summed E-state index contributed by atoms with van der Waals surface area (Å²) >= 11 is 0. The maximum Gasteiger partial charge on any atom is 0.306 e. The molecule has 0 aromatic heterocycles. The fourth-order valence-corrected chi connectivity index (χ4v) is 6.58. The lowest BCUT2D eigenvalue weighted by atomic mass is 10.0. The Morgan fingerprint density at radius 2 is 0.647 bits per heavy atom. The number of ether oxygens (including phenoxy) is 3. The van der Waals surface area contributed by atoms with Gasteiger partial charge in [-0.3, -0.25) is 14.4 Å². The van der Waals surface area contributed by atoms with Gasteiger partial charge >= 0.3 is 17.9 Å². The van der Waals surface area contributed by atoms with Crippen molar-refractivity contribution < 1.29 is 28.6 Å². The molecule has 1 atom stereocenters. The van der Waals surface area contributed by atoms with Crippen LogP contribution < -0.4 is 0 Å². The number of carbonyl (C=O) groups is 3. The number of carbonyl (C=O) groups excluding carboxylic acids is 3. The first kappa shape index (κ1) is 49.4. The molecular weight excluding hydrogens is 636 g/mol. The normalized spacial score (nSPS) is 12.1. The summed E-state index contributed by atoms with van der Waals surface area (Å²) in [5.41, 5.74) is 0. The predicted molar refractivity (Wildman–Crippen MR) is 215 cm³/mol. The molecule has 0 saturated carbocycles. The molecule has 0 fully saturated rings. The van der Waals surface area contributed by atoms with Gasteiger partial charge in [-0.1, -0.05) is 202 Å². The molecule has 0 aliphatic heterocycles. The van der Waals surface area contributed by atoms with Crippen molar-refractivity contribution in [2.24, 2.45) is 11.8 Å². The first-order valence-electron chi connectivity index (χ1n) is 22.2. The molecule has 0 bridgehead atoms. The third-order valence-electron chi connectivity index (χ3n) is 9.97. The van der Waals surface area contributed by atoms with Crippen molar-refractivity contribution in [3.05, 3.63) is 0 Å². The van der Waals surface area contributed by atoms with Gasteiger partial charge in [0.1, 0.15) is 13.2 Å². The fourth-order valence-electron chi connectivity index (χ4n) is 6.58. The number of hydrogen-bond donors (Lipinski definition) is 0. The van der Waals surface area contributed by atoms with Crippen LogP contribution in [0, 0.1) is 11.8 Å². The smallest absolute Gasteiger partial charge is 0.306 e. The van der Waals surface area contributed by atoms with Crippen LogP contribution in [0.15, 0.2) is 0 Å². The van der Waals surface area contributed by atoms with E-state index in [4.69, 9.17) is 14.2 Å². The van der Waals surface area contributed by atoms with E-state index in [2.05, 4.69) is 34.6 Å². The van der Waals surface area contributed by atoms with Crippen LogP contribution in [0.3, 0.4) is 0 Å². The molecule has 6 nitrogen and oxygen atoms in total. The van der Waals surface area contributed by atoms with Gasteiger partial charge in [0.2, 0.25) is 0 Å². The molecule has 0 aliphatic rings. The number of esters is 3. The minimum absolute atomic E-state index is 0.0658. The van der Waals surface area contributed by atoms with E-state index in [1.54, 1.807) is 0 Å². The van der Waals surface area contributed by atoms with E-state index >= 15 is 0 Å². The Labute approximate surface area is 317 Å².